The van der Waals surface area contributed by atoms with E-state index in [1.807, 2.05) is 31.2 Å². The molecule has 0 aliphatic carbocycles. The Morgan fingerprint density at radius 3 is 2.73 bits per heavy atom. The van der Waals surface area contributed by atoms with Crippen molar-refractivity contribution in [3.8, 4) is 5.75 Å². The molecule has 2 heteroatoms. The van der Waals surface area contributed by atoms with Gasteiger partial charge in [-0.1, -0.05) is 38.3 Å². The molecule has 0 heterocycles. The average Bonchev–Trinajstić information content (AvgIpc) is 2.23. The molecule has 1 aromatic rings. The molecule has 0 radical (unpaired) electrons. The van der Waals surface area contributed by atoms with Gasteiger partial charge in [0.2, 0.25) is 0 Å². The van der Waals surface area contributed by atoms with Gasteiger partial charge < -0.3 is 4.89 Å². The molecule has 0 fully saturated rings. The molecular formula is C13H20O2. The largest absolute Gasteiger partial charge is 0.338 e. The Labute approximate surface area is 92.1 Å². The molecule has 0 aromatic heterocycles. The van der Waals surface area contributed by atoms with Crippen LogP contribution < -0.4 is 4.89 Å². The van der Waals surface area contributed by atoms with Gasteiger partial charge >= 0.3 is 0 Å². The number of benzene rings is 1. The van der Waals surface area contributed by atoms with Gasteiger partial charge in [0, 0.05) is 0 Å². The van der Waals surface area contributed by atoms with E-state index < -0.39 is 0 Å². The first-order valence-electron chi connectivity index (χ1n) is 5.69. The van der Waals surface area contributed by atoms with Crippen molar-refractivity contribution in [2.24, 2.45) is 0 Å². The minimum absolute atomic E-state index is 0.675. The summed E-state index contributed by atoms with van der Waals surface area (Å²) in [7, 11) is 0. The van der Waals surface area contributed by atoms with Crippen LogP contribution >= 0.6 is 0 Å². The lowest BCUT2D eigenvalue weighted by atomic mass is 10.2. The van der Waals surface area contributed by atoms with Crippen LogP contribution in [0.25, 0.3) is 0 Å². The molecule has 1 aromatic carbocycles. The molecule has 0 aliphatic heterocycles. The molecule has 15 heavy (non-hydrogen) atoms. The van der Waals surface area contributed by atoms with E-state index in [9.17, 15) is 0 Å². The standard InChI is InChI=1S/C13H20O2/c1-3-4-5-6-10-14-15-13-9-7-8-12(2)11-13/h7-9,11H,3-6,10H2,1-2H3. The number of hydrogen-bond donors (Lipinski definition) is 0. The third-order valence-electron chi connectivity index (χ3n) is 2.23. The Morgan fingerprint density at radius 1 is 1.13 bits per heavy atom. The van der Waals surface area contributed by atoms with Crippen molar-refractivity contribution in [3.63, 3.8) is 0 Å². The lowest BCUT2D eigenvalue weighted by molar-refractivity contribution is -0.207. The first-order chi connectivity index (χ1) is 7.33. The predicted molar refractivity (Wildman–Crippen MR) is 61.9 cm³/mol. The Hall–Kier alpha value is -1.02. The molecule has 0 saturated heterocycles. The second kappa shape index (κ2) is 7.30. The van der Waals surface area contributed by atoms with Crippen molar-refractivity contribution in [3.05, 3.63) is 29.8 Å². The number of rotatable bonds is 7. The summed E-state index contributed by atoms with van der Waals surface area (Å²) in [6, 6.07) is 7.87. The van der Waals surface area contributed by atoms with Crippen LogP contribution in [0.5, 0.6) is 5.75 Å². The van der Waals surface area contributed by atoms with Crippen molar-refractivity contribution >= 4 is 0 Å². The van der Waals surface area contributed by atoms with Crippen LogP contribution in [0.3, 0.4) is 0 Å². The second-order valence-corrected chi connectivity index (χ2v) is 3.78. The molecule has 1 rings (SSSR count). The highest BCUT2D eigenvalue weighted by Crippen LogP contribution is 2.12. The van der Waals surface area contributed by atoms with Gasteiger partial charge in [0.25, 0.3) is 0 Å². The Balaban J connectivity index is 2.10. The number of unbranched alkanes of at least 4 members (excludes halogenated alkanes) is 3. The fraction of sp³-hybridized carbons (Fsp3) is 0.538. The SMILES string of the molecule is CCCCCCOOc1cccc(C)c1. The summed E-state index contributed by atoms with van der Waals surface area (Å²) >= 11 is 0. The van der Waals surface area contributed by atoms with Gasteiger partial charge in [-0.05, 0) is 31.0 Å². The molecule has 0 unspecified atom stereocenters. The van der Waals surface area contributed by atoms with Crippen LogP contribution in [0.2, 0.25) is 0 Å². The third kappa shape index (κ3) is 5.43. The van der Waals surface area contributed by atoms with Crippen LogP contribution in [-0.4, -0.2) is 6.61 Å². The monoisotopic (exact) mass is 208 g/mol. The molecule has 0 amide bonds. The maximum absolute atomic E-state index is 5.17. The number of aryl methyl sites for hydroxylation is 1. The van der Waals surface area contributed by atoms with Crippen molar-refractivity contribution in [1.82, 2.24) is 0 Å². The van der Waals surface area contributed by atoms with Crippen molar-refractivity contribution in [2.45, 2.75) is 39.5 Å². The summed E-state index contributed by atoms with van der Waals surface area (Å²) < 4.78 is 0. The highest BCUT2D eigenvalue weighted by molar-refractivity contribution is 5.26. The van der Waals surface area contributed by atoms with Crippen molar-refractivity contribution in [2.75, 3.05) is 6.61 Å². The van der Waals surface area contributed by atoms with Gasteiger partial charge in [-0.15, -0.1) is 0 Å². The van der Waals surface area contributed by atoms with Crippen LogP contribution in [-0.2, 0) is 4.89 Å². The Bertz CT molecular complexity index is 271. The summed E-state index contributed by atoms with van der Waals surface area (Å²) in [5.74, 6) is 0.783. The van der Waals surface area contributed by atoms with Gasteiger partial charge in [0.15, 0.2) is 5.75 Å². The molecular weight excluding hydrogens is 188 g/mol. The summed E-state index contributed by atoms with van der Waals surface area (Å²) in [5.41, 5.74) is 1.18. The summed E-state index contributed by atoms with van der Waals surface area (Å²) in [5, 5.41) is 0. The van der Waals surface area contributed by atoms with E-state index in [4.69, 9.17) is 9.78 Å². The van der Waals surface area contributed by atoms with E-state index in [0.717, 1.165) is 12.2 Å². The minimum atomic E-state index is 0.675. The zero-order valence-electron chi connectivity index (χ0n) is 9.66. The van der Waals surface area contributed by atoms with Crippen LogP contribution in [0.15, 0.2) is 24.3 Å². The summed E-state index contributed by atoms with van der Waals surface area (Å²) in [4.78, 5) is 10.3. The summed E-state index contributed by atoms with van der Waals surface area (Å²) in [6.45, 7) is 4.91. The van der Waals surface area contributed by atoms with Crippen LogP contribution in [0.1, 0.15) is 38.2 Å². The normalized spacial score (nSPS) is 10.3. The first kappa shape index (κ1) is 12.1. The van der Waals surface area contributed by atoms with Gasteiger partial charge in [0.1, 0.15) is 0 Å². The second-order valence-electron chi connectivity index (χ2n) is 3.78. The zero-order chi connectivity index (χ0) is 10.9. The van der Waals surface area contributed by atoms with E-state index in [0.29, 0.717) is 6.61 Å². The first-order valence-corrected chi connectivity index (χ1v) is 5.69. The fourth-order valence-corrected chi connectivity index (χ4v) is 1.36. The lowest BCUT2D eigenvalue weighted by Crippen LogP contribution is -1.99. The van der Waals surface area contributed by atoms with E-state index in [2.05, 4.69) is 6.92 Å². The highest BCUT2D eigenvalue weighted by atomic mass is 17.2. The molecule has 0 saturated carbocycles. The quantitative estimate of drug-likeness (QED) is 0.384. The zero-order valence-corrected chi connectivity index (χ0v) is 9.66. The Morgan fingerprint density at radius 2 is 2.00 bits per heavy atom. The van der Waals surface area contributed by atoms with Gasteiger partial charge in [-0.25, -0.2) is 0 Å². The molecule has 0 aliphatic rings. The predicted octanol–water partition coefficient (Wildman–Crippen LogP) is 3.89. The maximum Gasteiger partial charge on any atom is 0.165 e. The fourth-order valence-electron chi connectivity index (χ4n) is 1.36. The molecule has 0 bridgehead atoms. The molecule has 0 N–H and O–H groups in total. The van der Waals surface area contributed by atoms with Crippen LogP contribution in [0.4, 0.5) is 0 Å². The highest BCUT2D eigenvalue weighted by Gasteiger charge is 1.94. The van der Waals surface area contributed by atoms with Gasteiger partial charge in [-0.2, -0.15) is 4.89 Å². The maximum atomic E-state index is 5.17. The average molecular weight is 208 g/mol. The molecule has 84 valence electrons. The van der Waals surface area contributed by atoms with Crippen molar-refractivity contribution < 1.29 is 9.78 Å². The van der Waals surface area contributed by atoms with Crippen molar-refractivity contribution in [1.29, 1.82) is 0 Å². The minimum Gasteiger partial charge on any atom is -0.338 e. The van der Waals surface area contributed by atoms with E-state index in [1.165, 1.54) is 24.8 Å². The molecule has 2 nitrogen and oxygen atoms in total. The van der Waals surface area contributed by atoms with E-state index >= 15 is 0 Å². The molecule has 0 atom stereocenters. The topological polar surface area (TPSA) is 18.5 Å². The third-order valence-corrected chi connectivity index (χ3v) is 2.23. The van der Waals surface area contributed by atoms with Crippen LogP contribution in [0, 0.1) is 6.92 Å². The van der Waals surface area contributed by atoms with Gasteiger partial charge in [0.05, 0.1) is 6.61 Å². The molecule has 0 spiro atoms. The Kier molecular flexibility index (Phi) is 5.86. The smallest absolute Gasteiger partial charge is 0.165 e. The number of hydrogen-bond acceptors (Lipinski definition) is 2. The van der Waals surface area contributed by atoms with Gasteiger partial charge in [-0.3, -0.25) is 0 Å². The summed E-state index contributed by atoms with van der Waals surface area (Å²) in [6.07, 6.45) is 4.81. The lowest BCUT2D eigenvalue weighted by Gasteiger charge is -2.05. The van der Waals surface area contributed by atoms with E-state index in [1.54, 1.807) is 0 Å². The van der Waals surface area contributed by atoms with E-state index in [-0.39, 0.29) is 0 Å².